The van der Waals surface area contributed by atoms with Crippen molar-refractivity contribution in [3.63, 3.8) is 0 Å². The average Bonchev–Trinajstić information content (AvgIpc) is 2.67. The number of benzene rings is 2. The number of rotatable bonds is 9. The summed E-state index contributed by atoms with van der Waals surface area (Å²) in [6.07, 6.45) is -0.0260. The minimum atomic E-state index is -0.646. The highest BCUT2D eigenvalue weighted by molar-refractivity contribution is 5.94. The number of aryl methyl sites for hydroxylation is 1. The number of ether oxygens (including phenoxy) is 3. The molecule has 2 rings (SSSR count). The van der Waals surface area contributed by atoms with Crippen LogP contribution in [0.25, 0.3) is 0 Å². The summed E-state index contributed by atoms with van der Waals surface area (Å²) in [6, 6.07) is 11.2. The highest BCUT2D eigenvalue weighted by Crippen LogP contribution is 2.28. The molecule has 0 aromatic heterocycles. The third kappa shape index (κ3) is 5.97. The van der Waals surface area contributed by atoms with Gasteiger partial charge in [0.15, 0.2) is 6.61 Å². The van der Waals surface area contributed by atoms with Crippen LogP contribution in [0.3, 0.4) is 0 Å². The first kappa shape index (κ1) is 20.7. The van der Waals surface area contributed by atoms with Crippen molar-refractivity contribution in [2.45, 2.75) is 13.3 Å². The molecule has 2 aromatic rings. The zero-order chi connectivity index (χ0) is 20.5. The molecule has 9 nitrogen and oxygen atoms in total. The minimum Gasteiger partial charge on any atom is -0.495 e. The summed E-state index contributed by atoms with van der Waals surface area (Å²) < 4.78 is 15.4. The van der Waals surface area contributed by atoms with Gasteiger partial charge in [-0.2, -0.15) is 0 Å². The van der Waals surface area contributed by atoms with E-state index in [1.807, 2.05) is 25.1 Å². The lowest BCUT2D eigenvalue weighted by molar-refractivity contribution is -0.384. The van der Waals surface area contributed by atoms with Crippen molar-refractivity contribution >= 4 is 23.3 Å². The van der Waals surface area contributed by atoms with Crippen LogP contribution in [0.1, 0.15) is 12.0 Å². The summed E-state index contributed by atoms with van der Waals surface area (Å²) in [5, 5.41) is 13.3. The third-order valence-corrected chi connectivity index (χ3v) is 3.69. The molecule has 0 unspecified atom stereocenters. The van der Waals surface area contributed by atoms with Crippen molar-refractivity contribution in [3.8, 4) is 11.5 Å². The van der Waals surface area contributed by atoms with Crippen LogP contribution in [-0.2, 0) is 14.3 Å². The van der Waals surface area contributed by atoms with Gasteiger partial charge in [-0.3, -0.25) is 19.7 Å². The SMILES string of the molecule is COc1ccc([N+](=O)[O-])cc1NC(=O)COC(=O)CCOc1ccccc1C. The van der Waals surface area contributed by atoms with Crippen LogP contribution in [0.5, 0.6) is 11.5 Å². The van der Waals surface area contributed by atoms with Crippen LogP contribution in [0, 0.1) is 17.0 Å². The van der Waals surface area contributed by atoms with Gasteiger partial charge in [-0.25, -0.2) is 0 Å². The first-order valence-corrected chi connectivity index (χ1v) is 8.37. The highest BCUT2D eigenvalue weighted by atomic mass is 16.6. The molecule has 0 atom stereocenters. The largest absolute Gasteiger partial charge is 0.495 e. The fourth-order valence-corrected chi connectivity index (χ4v) is 2.27. The van der Waals surface area contributed by atoms with Crippen molar-refractivity contribution in [1.82, 2.24) is 0 Å². The van der Waals surface area contributed by atoms with E-state index in [1.54, 1.807) is 6.07 Å². The van der Waals surface area contributed by atoms with Gasteiger partial charge in [-0.1, -0.05) is 18.2 Å². The Hall–Kier alpha value is -3.62. The number of hydrogen-bond donors (Lipinski definition) is 1. The normalized spacial score (nSPS) is 10.1. The van der Waals surface area contributed by atoms with Gasteiger partial charge in [0.2, 0.25) is 0 Å². The molecule has 0 bridgehead atoms. The number of carbonyl (C=O) groups is 2. The van der Waals surface area contributed by atoms with E-state index in [-0.39, 0.29) is 30.2 Å². The molecule has 1 amide bonds. The predicted octanol–water partition coefficient (Wildman–Crippen LogP) is 2.86. The standard InChI is InChI=1S/C19H20N2O7/c1-13-5-3-4-6-16(13)27-10-9-19(23)28-12-18(22)20-15-11-14(21(24)25)7-8-17(15)26-2/h3-8,11H,9-10,12H2,1-2H3,(H,20,22). The van der Waals surface area contributed by atoms with Crippen LogP contribution in [0.4, 0.5) is 11.4 Å². The molecule has 0 spiro atoms. The molecule has 0 saturated carbocycles. The molecular formula is C19H20N2O7. The first-order valence-electron chi connectivity index (χ1n) is 8.37. The van der Waals surface area contributed by atoms with Crippen LogP contribution in [0.2, 0.25) is 0 Å². The number of nitro groups is 1. The summed E-state index contributed by atoms with van der Waals surface area (Å²) in [5.74, 6) is -0.329. The number of nitrogens with one attached hydrogen (secondary N) is 1. The molecule has 9 heteroatoms. The lowest BCUT2D eigenvalue weighted by Crippen LogP contribution is -2.22. The maximum atomic E-state index is 12.0. The molecule has 0 saturated heterocycles. The number of anilines is 1. The van der Waals surface area contributed by atoms with Gasteiger partial charge in [0.1, 0.15) is 11.5 Å². The van der Waals surface area contributed by atoms with Gasteiger partial charge < -0.3 is 19.5 Å². The van der Waals surface area contributed by atoms with Crippen molar-refractivity contribution < 1.29 is 28.7 Å². The zero-order valence-corrected chi connectivity index (χ0v) is 15.5. The lowest BCUT2D eigenvalue weighted by atomic mass is 10.2. The Balaban J connectivity index is 1.80. The molecule has 0 aliphatic heterocycles. The van der Waals surface area contributed by atoms with Crippen LogP contribution in [-0.4, -0.2) is 37.1 Å². The summed E-state index contributed by atoms with van der Waals surface area (Å²) in [6.45, 7) is 1.47. The van der Waals surface area contributed by atoms with Gasteiger partial charge >= 0.3 is 5.97 Å². The molecule has 1 N–H and O–H groups in total. The Morgan fingerprint density at radius 1 is 1.14 bits per heavy atom. The van der Waals surface area contributed by atoms with Crippen LogP contribution >= 0.6 is 0 Å². The molecule has 148 valence electrons. The van der Waals surface area contributed by atoms with Crippen LogP contribution < -0.4 is 14.8 Å². The maximum Gasteiger partial charge on any atom is 0.309 e. The third-order valence-electron chi connectivity index (χ3n) is 3.69. The first-order chi connectivity index (χ1) is 13.4. The number of amides is 1. The molecule has 0 aliphatic carbocycles. The van der Waals surface area contributed by atoms with Gasteiger partial charge in [0, 0.05) is 12.1 Å². The number of nitrogens with zero attached hydrogens (tertiary/aromatic N) is 1. The van der Waals surface area contributed by atoms with E-state index in [9.17, 15) is 19.7 Å². The van der Waals surface area contributed by atoms with Crippen molar-refractivity contribution in [3.05, 3.63) is 58.1 Å². The minimum absolute atomic E-state index is 0.0260. The number of nitro benzene ring substituents is 1. The smallest absolute Gasteiger partial charge is 0.309 e. The molecule has 0 aliphatic rings. The zero-order valence-electron chi connectivity index (χ0n) is 15.5. The highest BCUT2D eigenvalue weighted by Gasteiger charge is 2.15. The number of esters is 1. The summed E-state index contributed by atoms with van der Waals surface area (Å²) in [7, 11) is 1.37. The Morgan fingerprint density at radius 2 is 1.89 bits per heavy atom. The maximum absolute atomic E-state index is 12.0. The summed E-state index contributed by atoms with van der Waals surface area (Å²) in [5.41, 5.74) is 0.850. The topological polar surface area (TPSA) is 117 Å². The average molecular weight is 388 g/mol. The second-order valence-corrected chi connectivity index (χ2v) is 5.71. The number of hydrogen-bond acceptors (Lipinski definition) is 7. The summed E-state index contributed by atoms with van der Waals surface area (Å²) >= 11 is 0. The van der Waals surface area contributed by atoms with E-state index in [0.717, 1.165) is 11.6 Å². The number of para-hydroxylation sites is 1. The molecule has 0 heterocycles. The second kappa shape index (κ2) is 9.91. The Bertz CT molecular complexity index is 867. The number of non-ortho nitro benzene ring substituents is 1. The van der Waals surface area contributed by atoms with E-state index in [4.69, 9.17) is 14.2 Å². The monoisotopic (exact) mass is 388 g/mol. The fraction of sp³-hybridized carbons (Fsp3) is 0.263. The van der Waals surface area contributed by atoms with E-state index in [1.165, 1.54) is 19.2 Å². The Morgan fingerprint density at radius 3 is 2.57 bits per heavy atom. The summed E-state index contributed by atoms with van der Waals surface area (Å²) in [4.78, 5) is 34.0. The van der Waals surface area contributed by atoms with E-state index in [2.05, 4.69) is 5.32 Å². The van der Waals surface area contributed by atoms with E-state index >= 15 is 0 Å². The fourth-order valence-electron chi connectivity index (χ4n) is 2.27. The van der Waals surface area contributed by atoms with Gasteiger partial charge in [-0.15, -0.1) is 0 Å². The molecular weight excluding hydrogens is 368 g/mol. The second-order valence-electron chi connectivity index (χ2n) is 5.71. The quantitative estimate of drug-likeness (QED) is 0.399. The Kier molecular flexibility index (Phi) is 7.32. The Labute approximate surface area is 161 Å². The number of methoxy groups -OCH3 is 1. The molecule has 0 radical (unpaired) electrons. The van der Waals surface area contributed by atoms with Crippen LogP contribution in [0.15, 0.2) is 42.5 Å². The molecule has 0 fully saturated rings. The van der Waals surface area contributed by atoms with Gasteiger partial charge in [0.25, 0.3) is 11.6 Å². The van der Waals surface area contributed by atoms with Crippen molar-refractivity contribution in [2.24, 2.45) is 0 Å². The molecule has 2 aromatic carbocycles. The van der Waals surface area contributed by atoms with Gasteiger partial charge in [-0.05, 0) is 24.6 Å². The van der Waals surface area contributed by atoms with Crippen molar-refractivity contribution in [2.75, 3.05) is 25.6 Å². The van der Waals surface area contributed by atoms with Gasteiger partial charge in [0.05, 0.1) is 30.7 Å². The van der Waals surface area contributed by atoms with Crippen molar-refractivity contribution in [1.29, 1.82) is 0 Å². The van der Waals surface area contributed by atoms with E-state index < -0.39 is 23.4 Å². The number of carbonyl (C=O) groups excluding carboxylic acids is 2. The predicted molar refractivity (Wildman–Crippen MR) is 101 cm³/mol. The molecule has 28 heavy (non-hydrogen) atoms. The van der Waals surface area contributed by atoms with E-state index in [0.29, 0.717) is 5.75 Å². The lowest BCUT2D eigenvalue weighted by Gasteiger charge is -2.11.